The number of amides is 2. The molecular weight excluding hydrogens is 478 g/mol. The highest BCUT2D eigenvalue weighted by Crippen LogP contribution is 2.43. The maximum atomic E-state index is 12.8. The predicted molar refractivity (Wildman–Crippen MR) is 126 cm³/mol. The molecule has 3 unspecified atom stereocenters. The summed E-state index contributed by atoms with van der Waals surface area (Å²) in [6.45, 7) is 7.73. The number of carboxylic acid groups (broad SMARTS) is 1. The number of carbonyl (C=O) groups excluding carboxylic acids is 1. The Morgan fingerprint density at radius 1 is 1.31 bits per heavy atom. The first-order valence-electron chi connectivity index (χ1n) is 11.0. The zero-order valence-electron chi connectivity index (χ0n) is 18.6. The van der Waals surface area contributed by atoms with E-state index in [-0.39, 0.29) is 23.4 Å². The molecule has 9 nitrogen and oxygen atoms in total. The van der Waals surface area contributed by atoms with Crippen LogP contribution in [0.4, 0.5) is 16.2 Å². The highest BCUT2D eigenvalue weighted by molar-refractivity contribution is 9.10. The van der Waals surface area contributed by atoms with Crippen LogP contribution < -0.4 is 15.5 Å². The van der Waals surface area contributed by atoms with E-state index >= 15 is 0 Å². The first-order valence-corrected chi connectivity index (χ1v) is 11.8. The molecule has 174 valence electrons. The van der Waals surface area contributed by atoms with E-state index in [4.69, 9.17) is 4.74 Å². The number of aromatic nitrogens is 2. The van der Waals surface area contributed by atoms with Crippen LogP contribution in [-0.4, -0.2) is 58.4 Å². The van der Waals surface area contributed by atoms with Gasteiger partial charge in [0.2, 0.25) is 0 Å². The fourth-order valence-corrected chi connectivity index (χ4v) is 5.59. The smallest absolute Gasteiger partial charge is 0.404 e. The molecule has 2 aromatic rings. The van der Waals surface area contributed by atoms with Gasteiger partial charge < -0.3 is 30.4 Å². The Hall–Kier alpha value is -2.33. The number of hydrogen-bond donors (Lipinski definition) is 4. The van der Waals surface area contributed by atoms with Crippen molar-refractivity contribution in [1.82, 2.24) is 15.3 Å². The number of anilines is 2. The Morgan fingerprint density at radius 2 is 2.09 bits per heavy atom. The fraction of sp³-hybridized carbons (Fsp3) is 0.591. The normalized spacial score (nSPS) is 24.0. The molecule has 4 N–H and O–H groups in total. The number of rotatable bonds is 4. The van der Waals surface area contributed by atoms with E-state index in [9.17, 15) is 14.7 Å². The number of piperidine rings is 1. The molecule has 0 spiro atoms. The van der Waals surface area contributed by atoms with Gasteiger partial charge in [0.05, 0.1) is 33.3 Å². The molecule has 0 bridgehead atoms. The predicted octanol–water partition coefficient (Wildman–Crippen LogP) is 4.09. The number of hydrogen-bond acceptors (Lipinski definition) is 5. The van der Waals surface area contributed by atoms with Crippen molar-refractivity contribution in [2.75, 3.05) is 23.4 Å². The SMILES string of the molecule is CC(C)(C)C1C(NC(=O)O)CCCN1c1c(Br)cnc2[nH]cc(NC(=O)C3CCCO3)c12. The van der Waals surface area contributed by atoms with Crippen LogP contribution in [0.1, 0.15) is 46.5 Å². The van der Waals surface area contributed by atoms with Crippen LogP contribution in [0.2, 0.25) is 0 Å². The van der Waals surface area contributed by atoms with Gasteiger partial charge in [-0.3, -0.25) is 4.79 Å². The topological polar surface area (TPSA) is 120 Å². The van der Waals surface area contributed by atoms with Crippen LogP contribution in [-0.2, 0) is 9.53 Å². The minimum Gasteiger partial charge on any atom is -0.465 e. The minimum atomic E-state index is -1.02. The van der Waals surface area contributed by atoms with Crippen molar-refractivity contribution in [1.29, 1.82) is 0 Å². The molecule has 2 aliphatic rings. The van der Waals surface area contributed by atoms with Gasteiger partial charge in [-0.15, -0.1) is 0 Å². The van der Waals surface area contributed by atoms with E-state index in [1.807, 2.05) is 0 Å². The summed E-state index contributed by atoms with van der Waals surface area (Å²) in [7, 11) is 0. The number of ether oxygens (including phenoxy) is 1. The summed E-state index contributed by atoms with van der Waals surface area (Å²) in [6, 6.07) is -0.314. The average molecular weight is 508 g/mol. The second kappa shape index (κ2) is 8.90. The lowest BCUT2D eigenvalue weighted by atomic mass is 9.77. The zero-order valence-corrected chi connectivity index (χ0v) is 20.2. The van der Waals surface area contributed by atoms with E-state index in [1.54, 1.807) is 12.4 Å². The van der Waals surface area contributed by atoms with Gasteiger partial charge in [0.1, 0.15) is 11.8 Å². The van der Waals surface area contributed by atoms with Gasteiger partial charge in [0.15, 0.2) is 0 Å². The molecule has 4 heterocycles. The summed E-state index contributed by atoms with van der Waals surface area (Å²) >= 11 is 3.68. The van der Waals surface area contributed by atoms with Crippen molar-refractivity contribution in [3.63, 3.8) is 0 Å². The van der Waals surface area contributed by atoms with Crippen LogP contribution in [0.5, 0.6) is 0 Å². The third kappa shape index (κ3) is 4.43. The van der Waals surface area contributed by atoms with E-state index in [1.165, 1.54) is 0 Å². The van der Waals surface area contributed by atoms with E-state index < -0.39 is 12.2 Å². The highest BCUT2D eigenvalue weighted by atomic mass is 79.9. The summed E-state index contributed by atoms with van der Waals surface area (Å²) < 4.78 is 6.33. The first kappa shape index (κ1) is 22.8. The van der Waals surface area contributed by atoms with Crippen LogP contribution in [0, 0.1) is 5.41 Å². The number of nitrogens with one attached hydrogen (secondary N) is 3. The largest absolute Gasteiger partial charge is 0.465 e. The Kier molecular flexibility index (Phi) is 6.35. The molecule has 0 radical (unpaired) electrons. The van der Waals surface area contributed by atoms with Crippen LogP contribution in [0.3, 0.4) is 0 Å². The molecule has 0 aliphatic carbocycles. The molecule has 0 saturated carbocycles. The van der Waals surface area contributed by atoms with E-state index in [2.05, 4.69) is 62.2 Å². The van der Waals surface area contributed by atoms with Crippen LogP contribution in [0.25, 0.3) is 11.0 Å². The summed E-state index contributed by atoms with van der Waals surface area (Å²) in [4.78, 5) is 34.2. The molecule has 10 heteroatoms. The molecule has 2 amide bonds. The molecule has 2 fully saturated rings. The number of H-pyrrole nitrogens is 1. The fourth-order valence-electron chi connectivity index (χ4n) is 5.06. The van der Waals surface area contributed by atoms with Gasteiger partial charge in [-0.1, -0.05) is 20.8 Å². The number of aromatic amines is 1. The Balaban J connectivity index is 1.78. The van der Waals surface area contributed by atoms with Crippen LogP contribution >= 0.6 is 15.9 Å². The van der Waals surface area contributed by atoms with Gasteiger partial charge in [-0.2, -0.15) is 0 Å². The first-order chi connectivity index (χ1) is 15.2. The monoisotopic (exact) mass is 507 g/mol. The second-order valence-electron chi connectivity index (χ2n) is 9.57. The van der Waals surface area contributed by atoms with Crippen molar-refractivity contribution >= 4 is 50.3 Å². The molecule has 2 aromatic heterocycles. The summed E-state index contributed by atoms with van der Waals surface area (Å²) in [5.74, 6) is -0.161. The molecule has 4 rings (SSSR count). The van der Waals surface area contributed by atoms with Gasteiger partial charge >= 0.3 is 6.09 Å². The van der Waals surface area contributed by atoms with Crippen molar-refractivity contribution in [2.24, 2.45) is 5.41 Å². The number of carbonyl (C=O) groups is 2. The summed E-state index contributed by atoms with van der Waals surface area (Å²) in [5, 5.41) is 16.0. The van der Waals surface area contributed by atoms with Crippen molar-refractivity contribution in [2.45, 2.75) is 64.6 Å². The standard InChI is InChI=1S/C22H30BrN5O4/c1-22(2,3)18-13(27-21(30)31)6-4-8-28(18)17-12(23)10-24-19-16(17)14(11-25-19)26-20(29)15-7-5-9-32-15/h10-11,13,15,18,27H,4-9H2,1-3H3,(H,24,25)(H,26,29)(H,30,31). The number of pyridine rings is 1. The maximum absolute atomic E-state index is 12.8. The van der Waals surface area contributed by atoms with E-state index in [0.717, 1.165) is 41.4 Å². The molecule has 3 atom stereocenters. The number of halogens is 1. The van der Waals surface area contributed by atoms with Gasteiger partial charge in [-0.25, -0.2) is 9.78 Å². The maximum Gasteiger partial charge on any atom is 0.404 e. The molecule has 2 saturated heterocycles. The quantitative estimate of drug-likeness (QED) is 0.494. The molecule has 32 heavy (non-hydrogen) atoms. The molecule has 0 aromatic carbocycles. The number of nitrogens with zero attached hydrogens (tertiary/aromatic N) is 2. The average Bonchev–Trinajstić information content (AvgIpc) is 3.37. The van der Waals surface area contributed by atoms with Gasteiger partial charge in [-0.05, 0) is 47.0 Å². The number of fused-ring (bicyclic) bond motifs is 1. The third-order valence-corrected chi connectivity index (χ3v) is 6.80. The highest BCUT2D eigenvalue weighted by Gasteiger charge is 2.42. The summed E-state index contributed by atoms with van der Waals surface area (Å²) in [5.41, 5.74) is 1.99. The summed E-state index contributed by atoms with van der Waals surface area (Å²) in [6.07, 6.45) is 5.24. The van der Waals surface area contributed by atoms with Crippen molar-refractivity contribution in [3.05, 3.63) is 16.9 Å². The van der Waals surface area contributed by atoms with Crippen molar-refractivity contribution < 1.29 is 19.4 Å². The lowest BCUT2D eigenvalue weighted by molar-refractivity contribution is -0.124. The minimum absolute atomic E-state index is 0.0918. The Bertz CT molecular complexity index is 1010. The van der Waals surface area contributed by atoms with Gasteiger partial charge in [0.25, 0.3) is 5.91 Å². The van der Waals surface area contributed by atoms with E-state index in [0.29, 0.717) is 24.4 Å². The Morgan fingerprint density at radius 3 is 2.75 bits per heavy atom. The Labute approximate surface area is 195 Å². The molecular formula is C22H30BrN5O4. The lowest BCUT2D eigenvalue weighted by Gasteiger charge is -2.49. The zero-order chi connectivity index (χ0) is 23.0. The second-order valence-corrected chi connectivity index (χ2v) is 10.4. The third-order valence-electron chi connectivity index (χ3n) is 6.22. The van der Waals surface area contributed by atoms with Crippen molar-refractivity contribution in [3.8, 4) is 0 Å². The van der Waals surface area contributed by atoms with Gasteiger partial charge in [0, 0.05) is 25.5 Å². The molecule has 2 aliphatic heterocycles. The lowest BCUT2D eigenvalue weighted by Crippen LogP contribution is -2.60. The van der Waals surface area contributed by atoms with Crippen LogP contribution in [0.15, 0.2) is 16.9 Å².